The Balaban J connectivity index is 1.56. The van der Waals surface area contributed by atoms with Crippen LogP contribution in [-0.2, 0) is 12.7 Å². The molecule has 0 atom stereocenters. The first kappa shape index (κ1) is 24.1. The second-order valence-electron chi connectivity index (χ2n) is 8.14. The predicted molar refractivity (Wildman–Crippen MR) is 139 cm³/mol. The first-order chi connectivity index (χ1) is 17.3. The number of halogens is 5. The van der Waals surface area contributed by atoms with Crippen molar-refractivity contribution in [3.05, 3.63) is 112 Å². The third-order valence-corrected chi connectivity index (χ3v) is 6.56. The predicted octanol–water partition coefficient (Wildman–Crippen LogP) is 8.90. The normalized spacial score (nSPS) is 11.6. The van der Waals surface area contributed by atoms with Crippen molar-refractivity contribution >= 4 is 39.8 Å². The minimum Gasteiger partial charge on any atom is -0.381 e. The first-order valence-electron chi connectivity index (χ1n) is 11.0. The van der Waals surface area contributed by atoms with E-state index in [1.807, 2.05) is 66.7 Å². The molecule has 0 bridgehead atoms. The molecular formula is C28H18Cl2F3N3. The summed E-state index contributed by atoms with van der Waals surface area (Å²) in [4.78, 5) is 0. The van der Waals surface area contributed by atoms with Crippen molar-refractivity contribution < 1.29 is 13.2 Å². The molecule has 0 radical (unpaired) electrons. The highest BCUT2D eigenvalue weighted by Crippen LogP contribution is 2.39. The molecule has 0 aliphatic rings. The van der Waals surface area contributed by atoms with Crippen molar-refractivity contribution in [1.29, 1.82) is 0 Å². The molecule has 0 fully saturated rings. The average Bonchev–Trinajstić information content (AvgIpc) is 2.87. The molecule has 0 saturated heterocycles. The molecule has 0 aliphatic heterocycles. The number of alkyl halides is 3. The number of aromatic nitrogens is 2. The molecule has 180 valence electrons. The van der Waals surface area contributed by atoms with E-state index in [0.717, 1.165) is 28.1 Å². The minimum absolute atomic E-state index is 0.124. The molecular weight excluding hydrogens is 506 g/mol. The number of nitrogens with zero attached hydrogens (tertiary/aromatic N) is 2. The van der Waals surface area contributed by atoms with Gasteiger partial charge < -0.3 is 5.32 Å². The molecule has 0 aliphatic carbocycles. The van der Waals surface area contributed by atoms with Crippen LogP contribution >= 0.6 is 23.2 Å². The smallest absolute Gasteiger partial charge is 0.381 e. The quantitative estimate of drug-likeness (QED) is 0.250. The molecule has 4 aromatic carbocycles. The highest BCUT2D eigenvalue weighted by atomic mass is 35.5. The van der Waals surface area contributed by atoms with Crippen molar-refractivity contribution in [2.24, 2.45) is 0 Å². The fraction of sp³-hybridized carbons (Fsp3) is 0.0714. The lowest BCUT2D eigenvalue weighted by Crippen LogP contribution is -2.08. The van der Waals surface area contributed by atoms with E-state index in [-0.39, 0.29) is 11.6 Å². The molecule has 0 spiro atoms. The topological polar surface area (TPSA) is 37.8 Å². The monoisotopic (exact) mass is 523 g/mol. The Hall–Kier alpha value is -3.61. The van der Waals surface area contributed by atoms with E-state index in [0.29, 0.717) is 27.5 Å². The van der Waals surface area contributed by atoms with Gasteiger partial charge in [-0.2, -0.15) is 13.2 Å². The van der Waals surface area contributed by atoms with Crippen molar-refractivity contribution in [2.75, 3.05) is 5.32 Å². The third kappa shape index (κ3) is 4.74. The maximum atomic E-state index is 13.2. The van der Waals surface area contributed by atoms with Gasteiger partial charge in [-0.15, -0.1) is 10.2 Å². The summed E-state index contributed by atoms with van der Waals surface area (Å²) in [5, 5.41) is 13.1. The second-order valence-corrected chi connectivity index (χ2v) is 8.92. The maximum Gasteiger partial charge on any atom is 0.417 e. The van der Waals surface area contributed by atoms with Crippen LogP contribution in [0.4, 0.5) is 18.9 Å². The zero-order chi connectivity index (χ0) is 25.3. The van der Waals surface area contributed by atoms with Crippen LogP contribution in [0.3, 0.4) is 0 Å². The zero-order valence-corrected chi connectivity index (χ0v) is 20.2. The van der Waals surface area contributed by atoms with Gasteiger partial charge in [-0.3, -0.25) is 0 Å². The van der Waals surface area contributed by atoms with Gasteiger partial charge in [0, 0.05) is 28.7 Å². The van der Waals surface area contributed by atoms with Crippen LogP contribution in [-0.4, -0.2) is 10.2 Å². The average molecular weight is 524 g/mol. The summed E-state index contributed by atoms with van der Waals surface area (Å²) in [6.07, 6.45) is -4.52. The summed E-state index contributed by atoms with van der Waals surface area (Å²) in [7, 11) is 0. The Morgan fingerprint density at radius 2 is 1.47 bits per heavy atom. The number of hydrogen-bond donors (Lipinski definition) is 1. The standard InChI is InChI=1S/C28H18Cl2F3N3/c29-23-14-6-12-21-24(26(35-36-27(21)23)17-7-2-1-3-8-17)18-9-4-11-20(15-18)34-16-19-10-5-13-22(25(19)30)28(31,32)33/h1-15,34H,16H2. The van der Waals surface area contributed by atoms with Gasteiger partial charge in [0.1, 0.15) is 11.2 Å². The van der Waals surface area contributed by atoms with Crippen LogP contribution < -0.4 is 5.32 Å². The van der Waals surface area contributed by atoms with Crippen LogP contribution in [0, 0.1) is 0 Å². The Morgan fingerprint density at radius 3 is 2.25 bits per heavy atom. The number of benzene rings is 4. The Kier molecular flexibility index (Phi) is 6.56. The van der Waals surface area contributed by atoms with E-state index >= 15 is 0 Å². The van der Waals surface area contributed by atoms with Crippen LogP contribution in [0.2, 0.25) is 10.0 Å². The van der Waals surface area contributed by atoms with Crippen molar-refractivity contribution in [1.82, 2.24) is 10.2 Å². The van der Waals surface area contributed by atoms with Crippen molar-refractivity contribution in [3.8, 4) is 22.4 Å². The van der Waals surface area contributed by atoms with E-state index in [2.05, 4.69) is 15.5 Å². The molecule has 1 N–H and O–H groups in total. The molecule has 5 rings (SSSR count). The van der Waals surface area contributed by atoms with Crippen molar-refractivity contribution in [2.45, 2.75) is 12.7 Å². The number of hydrogen-bond acceptors (Lipinski definition) is 3. The SMILES string of the molecule is FC(F)(F)c1cccc(CNc2cccc(-c3c(-c4ccccc4)nnc4c(Cl)cccc34)c2)c1Cl. The minimum atomic E-state index is -4.52. The van der Waals surface area contributed by atoms with E-state index < -0.39 is 11.7 Å². The molecule has 1 heterocycles. The zero-order valence-electron chi connectivity index (χ0n) is 18.7. The lowest BCUT2D eigenvalue weighted by Gasteiger charge is -2.15. The highest BCUT2D eigenvalue weighted by Gasteiger charge is 2.33. The summed E-state index contributed by atoms with van der Waals surface area (Å²) in [6.45, 7) is 0.124. The number of anilines is 1. The lowest BCUT2D eigenvalue weighted by atomic mass is 9.95. The summed E-state index contributed by atoms with van der Waals surface area (Å²) >= 11 is 12.5. The fourth-order valence-corrected chi connectivity index (χ4v) is 4.62. The van der Waals surface area contributed by atoms with E-state index in [9.17, 15) is 13.2 Å². The van der Waals surface area contributed by atoms with Crippen LogP contribution in [0.25, 0.3) is 33.3 Å². The number of rotatable bonds is 5. The van der Waals surface area contributed by atoms with Gasteiger partial charge in [0.2, 0.25) is 0 Å². The second kappa shape index (κ2) is 9.80. The van der Waals surface area contributed by atoms with Crippen LogP contribution in [0.15, 0.2) is 91.0 Å². The van der Waals surface area contributed by atoms with Gasteiger partial charge in [-0.1, -0.05) is 89.9 Å². The van der Waals surface area contributed by atoms with Gasteiger partial charge in [0.15, 0.2) is 0 Å². The number of nitrogens with one attached hydrogen (secondary N) is 1. The highest BCUT2D eigenvalue weighted by molar-refractivity contribution is 6.35. The van der Waals surface area contributed by atoms with Crippen LogP contribution in [0.5, 0.6) is 0 Å². The van der Waals surface area contributed by atoms with E-state index in [4.69, 9.17) is 23.2 Å². The molecule has 0 amide bonds. The lowest BCUT2D eigenvalue weighted by molar-refractivity contribution is -0.137. The largest absolute Gasteiger partial charge is 0.417 e. The molecule has 36 heavy (non-hydrogen) atoms. The number of fused-ring (bicyclic) bond motifs is 1. The van der Waals surface area contributed by atoms with Gasteiger partial charge in [-0.05, 0) is 35.4 Å². The van der Waals surface area contributed by atoms with Gasteiger partial charge in [-0.25, -0.2) is 0 Å². The summed E-state index contributed by atoms with van der Waals surface area (Å²) < 4.78 is 39.7. The molecule has 1 aromatic heterocycles. The van der Waals surface area contributed by atoms with Gasteiger partial charge >= 0.3 is 6.18 Å². The summed E-state index contributed by atoms with van der Waals surface area (Å²) in [6, 6.07) is 26.8. The Morgan fingerprint density at radius 1 is 0.750 bits per heavy atom. The van der Waals surface area contributed by atoms with Crippen molar-refractivity contribution in [3.63, 3.8) is 0 Å². The summed E-state index contributed by atoms with van der Waals surface area (Å²) in [5.41, 5.74) is 4.11. The van der Waals surface area contributed by atoms with E-state index in [1.54, 1.807) is 12.1 Å². The third-order valence-electron chi connectivity index (χ3n) is 5.81. The fourth-order valence-electron chi connectivity index (χ4n) is 4.10. The van der Waals surface area contributed by atoms with Gasteiger partial charge in [0.25, 0.3) is 0 Å². The van der Waals surface area contributed by atoms with Crippen LogP contribution in [0.1, 0.15) is 11.1 Å². The molecule has 3 nitrogen and oxygen atoms in total. The maximum absolute atomic E-state index is 13.2. The molecule has 0 unspecified atom stereocenters. The summed E-state index contributed by atoms with van der Waals surface area (Å²) in [5.74, 6) is 0. The van der Waals surface area contributed by atoms with E-state index in [1.165, 1.54) is 6.07 Å². The molecule has 0 saturated carbocycles. The first-order valence-corrected chi connectivity index (χ1v) is 11.8. The Labute approximate surface area is 215 Å². The Bertz CT molecular complexity index is 1550. The molecule has 8 heteroatoms. The molecule has 5 aromatic rings. The van der Waals surface area contributed by atoms with Gasteiger partial charge in [0.05, 0.1) is 15.6 Å².